The zero-order valence-electron chi connectivity index (χ0n) is 16.7. The predicted octanol–water partition coefficient (Wildman–Crippen LogP) is 5.76. The van der Waals surface area contributed by atoms with Gasteiger partial charge in [0.2, 0.25) is 6.67 Å². The van der Waals surface area contributed by atoms with Crippen molar-refractivity contribution in [2.75, 3.05) is 11.2 Å². The number of rotatable bonds is 4. The molecule has 136 valence electrons. The normalized spacial score (nSPS) is 15.6. The van der Waals surface area contributed by atoms with Gasteiger partial charge in [0.05, 0.1) is 0 Å². The molecule has 3 heteroatoms. The third-order valence-electron chi connectivity index (χ3n) is 4.68. The molecule has 0 N–H and O–H groups in total. The van der Waals surface area contributed by atoms with Gasteiger partial charge in [-0.3, -0.25) is 0 Å². The van der Waals surface area contributed by atoms with E-state index in [-0.39, 0.29) is 13.1 Å². The fraction of sp³-hybridized carbons (Fsp3) is 0.348. The quantitative estimate of drug-likeness (QED) is 0.636. The first-order valence-corrected chi connectivity index (χ1v) is 10.7. The van der Waals surface area contributed by atoms with Crippen LogP contribution in [-0.4, -0.2) is 16.3 Å². The molecule has 0 amide bonds. The molecule has 0 saturated heterocycles. The maximum absolute atomic E-state index is 3.55. The highest BCUT2D eigenvalue weighted by molar-refractivity contribution is 7.67. The van der Waals surface area contributed by atoms with Gasteiger partial charge in [0.15, 0.2) is 0 Å². The Morgan fingerprint density at radius 1 is 0.923 bits per heavy atom. The van der Waals surface area contributed by atoms with Crippen LogP contribution in [0.4, 0.5) is 5.69 Å². The van der Waals surface area contributed by atoms with Gasteiger partial charge in [0.25, 0.3) is 0 Å². The van der Waals surface area contributed by atoms with Crippen molar-refractivity contribution in [1.82, 2.24) is 4.90 Å². The Labute approximate surface area is 160 Å². The van der Waals surface area contributed by atoms with Crippen LogP contribution in [0, 0.1) is 27.4 Å². The van der Waals surface area contributed by atoms with Gasteiger partial charge in [-0.25, -0.2) is 0 Å². The summed E-state index contributed by atoms with van der Waals surface area (Å²) in [5.41, 5.74) is 5.14. The minimum Gasteiger partial charge on any atom is -0.341 e. The molecule has 1 heterocycles. The fourth-order valence-electron chi connectivity index (χ4n) is 3.55. The van der Waals surface area contributed by atoms with Crippen LogP contribution in [0.2, 0.25) is 0 Å². The van der Waals surface area contributed by atoms with Crippen molar-refractivity contribution in [2.24, 2.45) is 0 Å². The summed E-state index contributed by atoms with van der Waals surface area (Å²) in [6.45, 7) is 17.1. The van der Waals surface area contributed by atoms with E-state index in [0.29, 0.717) is 0 Å². The van der Waals surface area contributed by atoms with Crippen LogP contribution in [0.3, 0.4) is 0 Å². The Balaban J connectivity index is 1.78. The lowest BCUT2D eigenvalue weighted by Gasteiger charge is -2.35. The minimum absolute atomic E-state index is 0.245. The molecule has 2 aromatic rings. The number of hydrogen-bond donors (Lipinski definition) is 0. The molecule has 0 bridgehead atoms. The molecule has 0 saturated carbocycles. The first-order chi connectivity index (χ1) is 12.3. The van der Waals surface area contributed by atoms with Crippen molar-refractivity contribution in [3.63, 3.8) is 0 Å². The van der Waals surface area contributed by atoms with Crippen LogP contribution in [-0.2, 0) is 0 Å². The number of anilines is 1. The van der Waals surface area contributed by atoms with E-state index in [0.717, 1.165) is 6.29 Å². The van der Waals surface area contributed by atoms with E-state index >= 15 is 0 Å². The van der Waals surface area contributed by atoms with Gasteiger partial charge in [-0.15, -0.1) is 0 Å². The minimum atomic E-state index is -0.331. The van der Waals surface area contributed by atoms with E-state index in [9.17, 15) is 0 Å². The third-order valence-corrected chi connectivity index (χ3v) is 7.81. The molecule has 1 aliphatic rings. The van der Waals surface area contributed by atoms with Gasteiger partial charge in [-0.05, 0) is 50.3 Å². The summed E-state index contributed by atoms with van der Waals surface area (Å²) in [5.74, 6) is 0. The summed E-state index contributed by atoms with van der Waals surface area (Å²) in [6, 6.07) is 15.4. The first-order valence-electron chi connectivity index (χ1n) is 9.17. The molecular weight excluding hydrogens is 335 g/mol. The molecule has 2 aromatic carbocycles. The van der Waals surface area contributed by atoms with Gasteiger partial charge in [-0.2, -0.15) is 0 Å². The van der Waals surface area contributed by atoms with Crippen molar-refractivity contribution >= 4 is 18.9 Å². The summed E-state index contributed by atoms with van der Waals surface area (Å²) in [7, 11) is -0.331. The maximum Gasteiger partial charge on any atom is 0.213 e. The summed E-state index contributed by atoms with van der Waals surface area (Å²) in [6.07, 6.45) is 5.27. The van der Waals surface area contributed by atoms with Crippen molar-refractivity contribution in [3.8, 4) is 0 Å². The average Bonchev–Trinajstić information content (AvgIpc) is 2.99. The second kappa shape index (κ2) is 7.45. The first kappa shape index (κ1) is 19.0. The van der Waals surface area contributed by atoms with Gasteiger partial charge in [-0.1, -0.05) is 68.8 Å². The lowest BCUT2D eigenvalue weighted by molar-refractivity contribution is 0.543. The highest BCUT2D eigenvalue weighted by Gasteiger charge is 2.29. The van der Waals surface area contributed by atoms with Gasteiger partial charge < -0.3 is 9.80 Å². The Hall–Kier alpha value is -1.79. The zero-order chi connectivity index (χ0) is 18.9. The molecule has 1 unspecified atom stereocenters. The van der Waals surface area contributed by atoms with E-state index in [4.69, 9.17) is 0 Å². The molecule has 1 aliphatic heterocycles. The van der Waals surface area contributed by atoms with E-state index < -0.39 is 0 Å². The molecule has 3 rings (SSSR count). The Bertz CT molecular complexity index is 767. The molecule has 0 fully saturated rings. The topological polar surface area (TPSA) is 6.48 Å². The van der Waals surface area contributed by atoms with E-state index in [1.807, 2.05) is 0 Å². The van der Waals surface area contributed by atoms with Crippen LogP contribution in [0.15, 0.2) is 54.9 Å². The highest BCUT2D eigenvalue weighted by atomic mass is 31.1. The monoisotopic (exact) mass is 364 g/mol. The summed E-state index contributed by atoms with van der Waals surface area (Å²) in [4.78, 5) is 4.37. The Kier molecular flexibility index (Phi) is 5.44. The molecule has 2 nitrogen and oxygen atoms in total. The van der Waals surface area contributed by atoms with E-state index in [1.54, 1.807) is 0 Å². The maximum atomic E-state index is 3.55. The lowest BCUT2D eigenvalue weighted by Crippen LogP contribution is -2.28. The third kappa shape index (κ3) is 4.13. The van der Waals surface area contributed by atoms with Crippen LogP contribution >= 0.6 is 7.92 Å². The second-order valence-electron chi connectivity index (χ2n) is 8.06. The largest absolute Gasteiger partial charge is 0.341 e. The Morgan fingerprint density at radius 2 is 1.54 bits per heavy atom. The second-order valence-corrected chi connectivity index (χ2v) is 11.1. The van der Waals surface area contributed by atoms with Crippen molar-refractivity contribution in [3.05, 3.63) is 78.2 Å². The van der Waals surface area contributed by atoms with Gasteiger partial charge >= 0.3 is 0 Å². The van der Waals surface area contributed by atoms with E-state index in [2.05, 4.69) is 113 Å². The van der Waals surface area contributed by atoms with Crippen LogP contribution < -0.4 is 10.2 Å². The standard InChI is InChI=1S/C23H29N2P/c1-18-14-19(2)22(20(3)15-18)25-13-12-24(16-25)17-26(23(4,5)6)21-10-8-7-9-11-21/h7-15H,17H2,1-6H3. The van der Waals surface area contributed by atoms with Gasteiger partial charge in [0.1, 0.15) is 0 Å². The molecule has 26 heavy (non-hydrogen) atoms. The SMILES string of the molecule is Cc1cc(C)c(N2[C]N(CP(c3ccccc3)C(C)(C)C)C=C2)c(C)c1. The van der Waals surface area contributed by atoms with Crippen molar-refractivity contribution < 1.29 is 0 Å². The number of nitrogens with zero attached hydrogens (tertiary/aromatic N) is 2. The average molecular weight is 364 g/mol. The van der Waals surface area contributed by atoms with Crippen LogP contribution in [0.1, 0.15) is 37.5 Å². The molecule has 0 spiro atoms. The number of aryl methyl sites for hydroxylation is 3. The molecule has 1 atom stereocenters. The predicted molar refractivity (Wildman–Crippen MR) is 115 cm³/mol. The number of hydrogen-bond acceptors (Lipinski definition) is 2. The molecule has 2 radical (unpaired) electrons. The fourth-order valence-corrected chi connectivity index (χ4v) is 5.91. The van der Waals surface area contributed by atoms with E-state index in [1.165, 1.54) is 27.7 Å². The van der Waals surface area contributed by atoms with Crippen LogP contribution in [0.25, 0.3) is 0 Å². The highest BCUT2D eigenvalue weighted by Crippen LogP contribution is 2.49. The van der Waals surface area contributed by atoms with Crippen LogP contribution in [0.5, 0.6) is 0 Å². The lowest BCUT2D eigenvalue weighted by atomic mass is 10.0. The van der Waals surface area contributed by atoms with Crippen molar-refractivity contribution in [1.29, 1.82) is 0 Å². The number of benzene rings is 2. The molecule has 0 aliphatic carbocycles. The molecular formula is C23H29N2P. The smallest absolute Gasteiger partial charge is 0.213 e. The van der Waals surface area contributed by atoms with Gasteiger partial charge in [0, 0.05) is 24.4 Å². The molecule has 0 aromatic heterocycles. The summed E-state index contributed by atoms with van der Waals surface area (Å²) in [5, 5.41) is 1.70. The summed E-state index contributed by atoms with van der Waals surface area (Å²) < 4.78 is 0. The Morgan fingerprint density at radius 3 is 2.12 bits per heavy atom. The summed E-state index contributed by atoms with van der Waals surface area (Å²) >= 11 is 0. The van der Waals surface area contributed by atoms with Crippen molar-refractivity contribution in [2.45, 2.75) is 46.7 Å². The zero-order valence-corrected chi connectivity index (χ0v) is 17.6.